The number of hydroxylamine groups is 1. The average molecular weight is 185 g/mol. The first kappa shape index (κ1) is 9.89. The highest BCUT2D eigenvalue weighted by molar-refractivity contribution is 7.33. The van der Waals surface area contributed by atoms with E-state index in [-0.39, 0.29) is 6.54 Å². The standard InChI is InChI=1S/C3H6ClN2O3P/c1-8-10(7)9-6(4)3-2-5/h10H,3H2,1H3. The minimum Gasteiger partial charge on any atom is -0.313 e. The molecule has 5 nitrogen and oxygen atoms in total. The van der Waals surface area contributed by atoms with E-state index < -0.39 is 8.25 Å². The van der Waals surface area contributed by atoms with Gasteiger partial charge in [0.15, 0.2) is 0 Å². The number of hydrogen-bond donors (Lipinski definition) is 0. The maximum atomic E-state index is 10.4. The molecule has 0 amide bonds. The number of nitriles is 1. The van der Waals surface area contributed by atoms with Gasteiger partial charge >= 0.3 is 8.25 Å². The summed E-state index contributed by atoms with van der Waals surface area (Å²) in [6.07, 6.45) is 0. The van der Waals surface area contributed by atoms with E-state index in [4.69, 9.17) is 17.0 Å². The summed E-state index contributed by atoms with van der Waals surface area (Å²) in [7, 11) is -1.34. The summed E-state index contributed by atoms with van der Waals surface area (Å²) < 4.78 is 19.6. The number of rotatable bonds is 4. The maximum absolute atomic E-state index is 10.4. The van der Waals surface area contributed by atoms with Gasteiger partial charge < -0.3 is 4.52 Å². The smallest absolute Gasteiger partial charge is 0.313 e. The van der Waals surface area contributed by atoms with Crippen LogP contribution in [-0.4, -0.2) is 18.2 Å². The molecular formula is C3H6ClN2O3P. The predicted molar refractivity (Wildman–Crippen MR) is 35.3 cm³/mol. The van der Waals surface area contributed by atoms with Crippen LogP contribution in [0.2, 0.25) is 0 Å². The molecule has 0 rings (SSSR count). The van der Waals surface area contributed by atoms with Crippen LogP contribution >= 0.6 is 20.0 Å². The topological polar surface area (TPSA) is 62.6 Å². The van der Waals surface area contributed by atoms with Crippen LogP contribution in [0.15, 0.2) is 0 Å². The highest BCUT2D eigenvalue weighted by Crippen LogP contribution is 2.24. The van der Waals surface area contributed by atoms with Crippen LogP contribution in [0.1, 0.15) is 0 Å². The molecule has 7 heteroatoms. The van der Waals surface area contributed by atoms with Crippen molar-refractivity contribution in [2.24, 2.45) is 0 Å². The minimum atomic E-state index is -2.56. The van der Waals surface area contributed by atoms with Gasteiger partial charge in [-0.15, -0.1) is 0 Å². The van der Waals surface area contributed by atoms with E-state index in [1.165, 1.54) is 7.11 Å². The predicted octanol–water partition coefficient (Wildman–Crippen LogP) is 0.933. The van der Waals surface area contributed by atoms with E-state index in [0.29, 0.717) is 4.58 Å². The molecule has 0 aromatic carbocycles. The van der Waals surface area contributed by atoms with Crippen molar-refractivity contribution in [1.29, 1.82) is 5.26 Å². The highest BCUT2D eigenvalue weighted by Gasteiger charge is 2.03. The Bertz CT molecular complexity index is 158. The molecule has 0 aliphatic heterocycles. The molecule has 0 aromatic heterocycles. The van der Waals surface area contributed by atoms with Crippen LogP contribution in [0.5, 0.6) is 0 Å². The van der Waals surface area contributed by atoms with Gasteiger partial charge in [0.25, 0.3) is 0 Å². The number of halogens is 1. The van der Waals surface area contributed by atoms with Crippen LogP contribution in [-0.2, 0) is 13.7 Å². The second-order valence-corrected chi connectivity index (χ2v) is 2.65. The quantitative estimate of drug-likeness (QED) is 0.282. The Morgan fingerprint density at radius 1 is 1.90 bits per heavy atom. The fourth-order valence-corrected chi connectivity index (χ4v) is 0.729. The normalized spacial score (nSPS) is 13.0. The first-order valence-corrected chi connectivity index (χ1v) is 3.83. The lowest BCUT2D eigenvalue weighted by atomic mass is 10.8. The van der Waals surface area contributed by atoms with E-state index in [9.17, 15) is 4.57 Å². The molecule has 0 fully saturated rings. The zero-order chi connectivity index (χ0) is 7.98. The van der Waals surface area contributed by atoms with Crippen LogP contribution in [0.4, 0.5) is 0 Å². The van der Waals surface area contributed by atoms with Crippen molar-refractivity contribution in [3.8, 4) is 6.07 Å². The molecular weight excluding hydrogens is 178 g/mol. The Morgan fingerprint density at radius 3 is 2.90 bits per heavy atom. The summed E-state index contributed by atoms with van der Waals surface area (Å²) in [5.41, 5.74) is 0. The summed E-state index contributed by atoms with van der Waals surface area (Å²) in [6.45, 7) is -0.165. The van der Waals surface area contributed by atoms with E-state index in [1.807, 2.05) is 0 Å². The molecule has 1 unspecified atom stereocenters. The van der Waals surface area contributed by atoms with Crippen molar-refractivity contribution in [2.45, 2.75) is 0 Å². The molecule has 0 saturated heterocycles. The van der Waals surface area contributed by atoms with Gasteiger partial charge in [-0.05, 0) is 0 Å². The van der Waals surface area contributed by atoms with Gasteiger partial charge in [0, 0.05) is 18.9 Å². The monoisotopic (exact) mass is 184 g/mol. The summed E-state index contributed by atoms with van der Waals surface area (Å²) in [5.74, 6) is 0. The van der Waals surface area contributed by atoms with Gasteiger partial charge in [-0.2, -0.15) is 5.26 Å². The Kier molecular flexibility index (Phi) is 5.60. The van der Waals surface area contributed by atoms with Crippen LogP contribution < -0.4 is 0 Å². The first-order valence-electron chi connectivity index (χ1n) is 2.27. The van der Waals surface area contributed by atoms with Crippen molar-refractivity contribution in [3.63, 3.8) is 0 Å². The van der Waals surface area contributed by atoms with Gasteiger partial charge in [0.1, 0.15) is 6.54 Å². The molecule has 1 atom stereocenters. The summed E-state index contributed by atoms with van der Waals surface area (Å²) >= 11 is 5.19. The fraction of sp³-hybridized carbons (Fsp3) is 0.667. The van der Waals surface area contributed by atoms with Gasteiger partial charge in [-0.25, -0.2) is 4.62 Å². The molecule has 10 heavy (non-hydrogen) atoms. The van der Waals surface area contributed by atoms with E-state index in [0.717, 1.165) is 0 Å². The second kappa shape index (κ2) is 5.66. The molecule has 0 N–H and O–H groups in total. The lowest BCUT2D eigenvalue weighted by molar-refractivity contribution is 0.0445. The molecule has 0 bridgehead atoms. The highest BCUT2D eigenvalue weighted by atomic mass is 35.5. The van der Waals surface area contributed by atoms with Crippen LogP contribution in [0.3, 0.4) is 0 Å². The van der Waals surface area contributed by atoms with Crippen molar-refractivity contribution in [3.05, 3.63) is 0 Å². The lowest BCUT2D eigenvalue weighted by Gasteiger charge is -2.06. The number of hydrogen-bond acceptors (Lipinski definition) is 5. The Labute approximate surface area is 64.1 Å². The third-order valence-electron chi connectivity index (χ3n) is 0.535. The van der Waals surface area contributed by atoms with Gasteiger partial charge in [0.05, 0.1) is 6.07 Å². The van der Waals surface area contributed by atoms with Crippen LogP contribution in [0, 0.1) is 11.3 Å². The Balaban J connectivity index is 3.49. The molecule has 0 saturated carbocycles. The van der Waals surface area contributed by atoms with Crippen LogP contribution in [0.25, 0.3) is 0 Å². The lowest BCUT2D eigenvalue weighted by Crippen LogP contribution is -2.08. The van der Waals surface area contributed by atoms with Gasteiger partial charge in [0.2, 0.25) is 0 Å². The third kappa shape index (κ3) is 4.74. The zero-order valence-electron chi connectivity index (χ0n) is 5.20. The Morgan fingerprint density at radius 2 is 2.50 bits per heavy atom. The van der Waals surface area contributed by atoms with E-state index in [1.54, 1.807) is 6.07 Å². The Hall–Kier alpha value is -0.110. The zero-order valence-corrected chi connectivity index (χ0v) is 6.96. The van der Waals surface area contributed by atoms with Gasteiger partial charge in [-0.3, -0.25) is 4.57 Å². The summed E-state index contributed by atoms with van der Waals surface area (Å²) in [6, 6.07) is 1.69. The third-order valence-corrected chi connectivity index (χ3v) is 1.54. The van der Waals surface area contributed by atoms with Crippen molar-refractivity contribution >= 4 is 20.0 Å². The molecule has 0 aliphatic carbocycles. The number of nitrogens with zero attached hydrogens (tertiary/aromatic N) is 2. The molecule has 0 radical (unpaired) electrons. The van der Waals surface area contributed by atoms with E-state index in [2.05, 4.69) is 9.15 Å². The van der Waals surface area contributed by atoms with Crippen molar-refractivity contribution in [1.82, 2.24) is 4.58 Å². The molecule has 58 valence electrons. The second-order valence-electron chi connectivity index (χ2n) is 1.18. The fourth-order valence-electron chi connectivity index (χ4n) is 0.206. The molecule has 0 heterocycles. The largest absolute Gasteiger partial charge is 0.336 e. The minimum absolute atomic E-state index is 0.165. The molecule has 0 aromatic rings. The van der Waals surface area contributed by atoms with Crippen molar-refractivity contribution in [2.75, 3.05) is 13.7 Å². The first-order chi connectivity index (χ1) is 4.70. The van der Waals surface area contributed by atoms with E-state index >= 15 is 0 Å². The SMILES string of the molecule is CO[PH](=O)ON(Cl)CC#N. The molecule has 0 aliphatic rings. The summed E-state index contributed by atoms with van der Waals surface area (Å²) in [5, 5.41) is 8.03. The molecule has 0 spiro atoms. The maximum Gasteiger partial charge on any atom is 0.336 e. The van der Waals surface area contributed by atoms with Gasteiger partial charge in [-0.1, -0.05) is 4.58 Å². The summed E-state index contributed by atoms with van der Waals surface area (Å²) in [4.78, 5) is 0. The average Bonchev–Trinajstić information content (AvgIpc) is 1.88. The van der Waals surface area contributed by atoms with Crippen molar-refractivity contribution < 1.29 is 13.7 Å².